The number of nitrogens with zero attached hydrogens (tertiary/aromatic N) is 3. The number of hydrogen-bond acceptors (Lipinski definition) is 12. The van der Waals surface area contributed by atoms with Crippen molar-refractivity contribution in [1.29, 1.82) is 5.41 Å². The number of amides is 2. The van der Waals surface area contributed by atoms with Crippen LogP contribution < -0.4 is 20.5 Å². The molecule has 0 saturated carbocycles. The van der Waals surface area contributed by atoms with Crippen molar-refractivity contribution in [2.75, 3.05) is 45.3 Å². The number of nitrogens with one attached hydrogen (secondary N) is 2. The second-order valence-corrected chi connectivity index (χ2v) is 20.5. The highest BCUT2D eigenvalue weighted by molar-refractivity contribution is 7.89. The molecule has 2 fully saturated rings. The molecule has 2 amide bonds. The molecule has 6 N–H and O–H groups in total. The molecule has 0 radical (unpaired) electrons. The van der Waals surface area contributed by atoms with Crippen LogP contribution in [0, 0.1) is 25.2 Å². The van der Waals surface area contributed by atoms with Crippen molar-refractivity contribution in [1.82, 2.24) is 19.5 Å². The predicted molar refractivity (Wildman–Crippen MR) is 239 cm³/mol. The Hall–Kier alpha value is -4.61. The zero-order valence-corrected chi connectivity index (χ0v) is 38.8. The molecule has 0 unspecified atom stereocenters. The molecule has 3 heterocycles. The highest BCUT2D eigenvalue weighted by atomic mass is 35.5. The van der Waals surface area contributed by atoms with E-state index in [1.165, 1.54) is 16.4 Å². The minimum absolute atomic E-state index is 0.0440. The summed E-state index contributed by atoms with van der Waals surface area (Å²) in [7, 11) is -11.5. The molecule has 2 aliphatic heterocycles. The van der Waals surface area contributed by atoms with Crippen molar-refractivity contribution in [2.45, 2.75) is 57.1 Å². The zero-order valence-electron chi connectivity index (χ0n) is 34.9. The first-order valence-electron chi connectivity index (χ1n) is 19.3. The third-order valence-electron chi connectivity index (χ3n) is 9.81. The SMILES string of the molecule is CS(=O)(=O)O.CS(=O)(=O)O.Cc1cc(C)c2cccc(OCc3c(Cl)ccc(S(=O)(=O)N4CCC[C@H]4C(=O)NCC4CCN(C(=O)COc5ccc(C(=N)N)cc5)CC4)c3Cl)c2n1. The number of para-hydroxylation sites is 1. The van der Waals surface area contributed by atoms with Crippen molar-refractivity contribution in [3.8, 4) is 11.5 Å². The number of pyridine rings is 1. The molecule has 2 aliphatic rings. The maximum absolute atomic E-state index is 14.1. The van der Waals surface area contributed by atoms with Crippen LogP contribution in [0.25, 0.3) is 10.9 Å². The molecule has 3 aromatic carbocycles. The highest BCUT2D eigenvalue weighted by Crippen LogP contribution is 2.37. The lowest BCUT2D eigenvalue weighted by Gasteiger charge is -2.32. The van der Waals surface area contributed by atoms with Gasteiger partial charge in [-0.15, -0.1) is 0 Å². The van der Waals surface area contributed by atoms with E-state index in [9.17, 15) is 34.8 Å². The van der Waals surface area contributed by atoms with Gasteiger partial charge in [-0.3, -0.25) is 24.1 Å². The van der Waals surface area contributed by atoms with E-state index in [4.69, 9.17) is 52.9 Å². The number of ether oxygens (including phenoxy) is 2. The van der Waals surface area contributed by atoms with Gasteiger partial charge in [-0.25, -0.2) is 13.4 Å². The number of carbonyl (C=O) groups excluding carboxylic acids is 2. The van der Waals surface area contributed by atoms with E-state index in [2.05, 4.69) is 10.3 Å². The van der Waals surface area contributed by atoms with Gasteiger partial charge in [-0.2, -0.15) is 21.1 Å². The van der Waals surface area contributed by atoms with Gasteiger partial charge in [0.05, 0.1) is 17.5 Å². The van der Waals surface area contributed by atoms with Gasteiger partial charge in [0.25, 0.3) is 26.1 Å². The molecule has 0 aliphatic carbocycles. The Balaban J connectivity index is 0.000000784. The van der Waals surface area contributed by atoms with Gasteiger partial charge in [0.1, 0.15) is 40.4 Å². The molecule has 2 saturated heterocycles. The minimum atomic E-state index is -4.18. The second-order valence-electron chi connectivity index (χ2n) is 14.9. The number of amidine groups is 1. The Morgan fingerprint density at radius 2 is 1.52 bits per heavy atom. The lowest BCUT2D eigenvalue weighted by molar-refractivity contribution is -0.135. The lowest BCUT2D eigenvalue weighted by Crippen LogP contribution is -2.48. The standard InChI is InChI=1S/C38H42Cl2N6O6S.2CH4O3S/c1-23-19-24(2)44-36-28(23)5-3-7-32(36)52-21-29-30(39)12-13-33(35(29)40)53(49,50)46-16-4-6-31(46)38(48)43-20-25-14-17-45(18-15-25)34(47)22-51-27-10-8-26(9-11-27)37(41)42;2*1-5(2,3)4/h3,5,7-13,19,25,31H,4,6,14-18,20-22H2,1-2H3,(H3,41,42)(H,43,48);2*1H3,(H,2,3,4)/t31-;;/m0../s1. The summed E-state index contributed by atoms with van der Waals surface area (Å²) in [6, 6.07) is 16.2. The number of piperidine rings is 1. The first-order chi connectivity index (χ1) is 29.3. The third-order valence-corrected chi connectivity index (χ3v) is 12.7. The minimum Gasteiger partial charge on any atom is -0.487 e. The van der Waals surface area contributed by atoms with Crippen LogP contribution in [0.4, 0.5) is 0 Å². The van der Waals surface area contributed by atoms with Gasteiger partial charge in [0.15, 0.2) is 6.61 Å². The van der Waals surface area contributed by atoms with Crippen LogP contribution in [-0.2, 0) is 46.5 Å². The average Bonchev–Trinajstić information content (AvgIpc) is 3.70. The van der Waals surface area contributed by atoms with Crippen molar-refractivity contribution in [2.24, 2.45) is 11.7 Å². The topological polar surface area (TPSA) is 277 Å². The molecule has 18 nitrogen and oxygen atoms in total. The van der Waals surface area contributed by atoms with Crippen LogP contribution in [-0.4, -0.2) is 118 Å². The maximum Gasteiger partial charge on any atom is 0.261 e. The number of aromatic nitrogens is 1. The first-order valence-corrected chi connectivity index (χ1v) is 25.2. The number of nitrogens with two attached hydrogens (primary N) is 1. The van der Waals surface area contributed by atoms with Crippen molar-refractivity contribution < 1.29 is 53.4 Å². The lowest BCUT2D eigenvalue weighted by atomic mass is 9.96. The fourth-order valence-corrected chi connectivity index (χ4v) is 9.38. The summed E-state index contributed by atoms with van der Waals surface area (Å²) in [5.41, 5.74) is 8.96. The van der Waals surface area contributed by atoms with Gasteiger partial charge in [-0.1, -0.05) is 35.3 Å². The van der Waals surface area contributed by atoms with Crippen LogP contribution in [0.2, 0.25) is 10.0 Å². The van der Waals surface area contributed by atoms with E-state index in [0.29, 0.717) is 86.0 Å². The molecule has 1 atom stereocenters. The van der Waals surface area contributed by atoms with E-state index >= 15 is 0 Å². The Morgan fingerprint density at radius 3 is 2.13 bits per heavy atom. The summed E-state index contributed by atoms with van der Waals surface area (Å²) in [6.45, 7) is 5.29. The molecule has 23 heteroatoms. The fraction of sp³-hybridized carbons (Fsp3) is 0.400. The number of halogens is 2. The Labute approximate surface area is 377 Å². The molecule has 63 heavy (non-hydrogen) atoms. The van der Waals surface area contributed by atoms with E-state index in [0.717, 1.165) is 16.6 Å². The Bertz CT molecular complexity index is 2600. The van der Waals surface area contributed by atoms with Crippen molar-refractivity contribution in [3.05, 3.63) is 93.1 Å². The van der Waals surface area contributed by atoms with E-state index in [1.807, 2.05) is 32.0 Å². The van der Waals surface area contributed by atoms with Gasteiger partial charge >= 0.3 is 0 Å². The largest absolute Gasteiger partial charge is 0.487 e. The molecule has 1 aromatic heterocycles. The molecule has 344 valence electrons. The van der Waals surface area contributed by atoms with E-state index in [1.54, 1.807) is 35.2 Å². The number of benzene rings is 3. The molecular formula is C40H50Cl2N6O12S3. The zero-order chi connectivity index (χ0) is 46.9. The van der Waals surface area contributed by atoms with E-state index < -0.39 is 36.3 Å². The van der Waals surface area contributed by atoms with Crippen molar-refractivity contribution >= 4 is 82.0 Å². The van der Waals surface area contributed by atoms with Crippen LogP contribution >= 0.6 is 23.2 Å². The number of carbonyl (C=O) groups is 2. The number of hydrogen-bond donors (Lipinski definition) is 5. The summed E-state index contributed by atoms with van der Waals surface area (Å²) in [5, 5.41) is 11.6. The van der Waals surface area contributed by atoms with Crippen LogP contribution in [0.15, 0.2) is 65.6 Å². The Morgan fingerprint density at radius 1 is 0.905 bits per heavy atom. The van der Waals surface area contributed by atoms with Gasteiger partial charge in [0.2, 0.25) is 15.9 Å². The van der Waals surface area contributed by atoms with Gasteiger partial charge < -0.3 is 25.4 Å². The molecule has 0 bridgehead atoms. The third kappa shape index (κ3) is 15.3. The maximum atomic E-state index is 14.1. The average molecular weight is 974 g/mol. The number of fused-ring (bicyclic) bond motifs is 1. The number of sulfonamides is 1. The summed E-state index contributed by atoms with van der Waals surface area (Å²) in [4.78, 5) is 32.5. The second kappa shape index (κ2) is 21.8. The Kier molecular flexibility index (Phi) is 17.7. The summed E-state index contributed by atoms with van der Waals surface area (Å²) in [6.07, 6.45) is 3.70. The number of nitrogen functional groups attached to an aromatic ring is 1. The van der Waals surface area contributed by atoms with E-state index in [-0.39, 0.29) is 58.3 Å². The molecular weight excluding hydrogens is 924 g/mol. The number of likely N-dealkylation sites (tertiary alicyclic amines) is 1. The summed E-state index contributed by atoms with van der Waals surface area (Å²) >= 11 is 13.3. The van der Waals surface area contributed by atoms with Crippen LogP contribution in [0.5, 0.6) is 11.5 Å². The normalized spacial score (nSPS) is 16.0. The monoisotopic (exact) mass is 972 g/mol. The number of rotatable bonds is 12. The molecule has 6 rings (SSSR count). The van der Waals surface area contributed by atoms with Crippen LogP contribution in [0.3, 0.4) is 0 Å². The quantitative estimate of drug-likeness (QED) is 0.0737. The number of aryl methyl sites for hydroxylation is 2. The molecule has 0 spiro atoms. The fourth-order valence-electron chi connectivity index (χ4n) is 6.86. The first kappa shape index (κ1) is 51.0. The van der Waals surface area contributed by atoms with Crippen LogP contribution in [0.1, 0.15) is 48.1 Å². The molecule has 4 aromatic rings. The summed E-state index contributed by atoms with van der Waals surface area (Å²) in [5.74, 6) is 0.616. The summed E-state index contributed by atoms with van der Waals surface area (Å²) < 4.78 is 92.8. The van der Waals surface area contributed by atoms with Crippen molar-refractivity contribution in [3.63, 3.8) is 0 Å². The highest BCUT2D eigenvalue weighted by Gasteiger charge is 2.41. The van der Waals surface area contributed by atoms with Gasteiger partial charge in [-0.05, 0) is 99.5 Å². The van der Waals surface area contributed by atoms with Gasteiger partial charge in [0, 0.05) is 53.4 Å². The predicted octanol–water partition coefficient (Wildman–Crippen LogP) is 4.62. The smallest absolute Gasteiger partial charge is 0.261 e.